The minimum atomic E-state index is -0.547. The van der Waals surface area contributed by atoms with Gasteiger partial charge in [-0.3, -0.25) is 14.4 Å². The van der Waals surface area contributed by atoms with E-state index in [1.165, 1.54) is 25.2 Å². The third-order valence-electron chi connectivity index (χ3n) is 5.30. The molecule has 32 heavy (non-hydrogen) atoms. The molecule has 0 aliphatic carbocycles. The lowest BCUT2D eigenvalue weighted by Crippen LogP contribution is -2.40. The Balaban J connectivity index is 1.87. The second kappa shape index (κ2) is 10.3. The zero-order valence-electron chi connectivity index (χ0n) is 17.7. The number of halogens is 2. The Hall–Kier alpha value is -3.39. The highest BCUT2D eigenvalue weighted by Crippen LogP contribution is 2.26. The summed E-state index contributed by atoms with van der Waals surface area (Å²) in [6.45, 7) is 1.94. The van der Waals surface area contributed by atoms with Crippen LogP contribution in [-0.4, -0.2) is 41.8 Å². The molecule has 0 saturated carbocycles. The zero-order valence-corrected chi connectivity index (χ0v) is 18.5. The monoisotopic (exact) mass is 458 g/mol. The zero-order chi connectivity index (χ0) is 23.3. The molecule has 3 rings (SSSR count). The SMILES string of the molecule is CNC(=O)CCN(C(=O)CNc1ccc(F)c(Cl)c1)C(C)c1c[nH]c(=O)c2ccccc12. The van der Waals surface area contributed by atoms with E-state index in [0.717, 1.165) is 10.9 Å². The van der Waals surface area contributed by atoms with Gasteiger partial charge in [-0.25, -0.2) is 4.39 Å². The van der Waals surface area contributed by atoms with Crippen LogP contribution in [0.4, 0.5) is 10.1 Å². The normalized spacial score (nSPS) is 11.8. The van der Waals surface area contributed by atoms with E-state index in [1.54, 1.807) is 23.2 Å². The van der Waals surface area contributed by atoms with Gasteiger partial charge < -0.3 is 20.5 Å². The molecule has 2 amide bonds. The molecule has 168 valence electrons. The molecule has 1 aromatic heterocycles. The Bertz CT molecular complexity index is 1200. The highest BCUT2D eigenvalue weighted by Gasteiger charge is 2.24. The number of rotatable bonds is 8. The maximum absolute atomic E-state index is 13.4. The summed E-state index contributed by atoms with van der Waals surface area (Å²) in [5, 5.41) is 6.71. The molecule has 7 nitrogen and oxygen atoms in total. The van der Waals surface area contributed by atoms with Crippen molar-refractivity contribution >= 4 is 39.9 Å². The highest BCUT2D eigenvalue weighted by atomic mass is 35.5. The number of nitrogens with one attached hydrogen (secondary N) is 3. The van der Waals surface area contributed by atoms with Crippen molar-refractivity contribution in [2.75, 3.05) is 25.5 Å². The Kier molecular flexibility index (Phi) is 7.48. The average Bonchev–Trinajstić information content (AvgIpc) is 2.80. The molecule has 9 heteroatoms. The summed E-state index contributed by atoms with van der Waals surface area (Å²) in [6.07, 6.45) is 1.72. The molecular weight excluding hydrogens is 435 g/mol. The molecule has 1 unspecified atom stereocenters. The van der Waals surface area contributed by atoms with Gasteiger partial charge in [0.25, 0.3) is 5.56 Å². The van der Waals surface area contributed by atoms with Crippen LogP contribution in [0.2, 0.25) is 5.02 Å². The number of nitrogens with zero attached hydrogens (tertiary/aromatic N) is 1. The third-order valence-corrected chi connectivity index (χ3v) is 5.59. The van der Waals surface area contributed by atoms with Crippen LogP contribution in [0, 0.1) is 5.82 Å². The number of carbonyl (C=O) groups excluding carboxylic acids is 2. The summed E-state index contributed by atoms with van der Waals surface area (Å²) in [5.41, 5.74) is 1.04. The number of benzene rings is 2. The molecule has 1 heterocycles. The van der Waals surface area contributed by atoms with Crippen LogP contribution < -0.4 is 16.2 Å². The number of pyridine rings is 1. The Morgan fingerprint density at radius 3 is 2.59 bits per heavy atom. The van der Waals surface area contributed by atoms with E-state index in [1.807, 2.05) is 19.1 Å². The number of anilines is 1. The summed E-state index contributed by atoms with van der Waals surface area (Å²) in [7, 11) is 1.53. The number of hydrogen-bond acceptors (Lipinski definition) is 4. The molecule has 0 radical (unpaired) electrons. The lowest BCUT2D eigenvalue weighted by molar-refractivity contribution is -0.132. The van der Waals surface area contributed by atoms with E-state index in [-0.39, 0.29) is 41.9 Å². The fraction of sp³-hybridized carbons (Fsp3) is 0.261. The maximum Gasteiger partial charge on any atom is 0.255 e. The minimum Gasteiger partial charge on any atom is -0.376 e. The average molecular weight is 459 g/mol. The number of aromatic nitrogens is 1. The molecule has 0 bridgehead atoms. The summed E-state index contributed by atoms with van der Waals surface area (Å²) < 4.78 is 13.4. The van der Waals surface area contributed by atoms with Gasteiger partial charge in [-0.1, -0.05) is 29.8 Å². The summed E-state index contributed by atoms with van der Waals surface area (Å²) in [6, 6.07) is 10.8. The lowest BCUT2D eigenvalue weighted by atomic mass is 10.0. The minimum absolute atomic E-state index is 0.0491. The summed E-state index contributed by atoms with van der Waals surface area (Å²) in [4.78, 5) is 41.5. The number of aromatic amines is 1. The quantitative estimate of drug-likeness (QED) is 0.482. The van der Waals surface area contributed by atoms with Crippen LogP contribution in [0.15, 0.2) is 53.5 Å². The largest absolute Gasteiger partial charge is 0.376 e. The van der Waals surface area contributed by atoms with E-state index >= 15 is 0 Å². The van der Waals surface area contributed by atoms with Crippen molar-refractivity contribution in [1.29, 1.82) is 0 Å². The molecule has 0 spiro atoms. The third kappa shape index (κ3) is 5.26. The fourth-order valence-electron chi connectivity index (χ4n) is 3.51. The molecule has 1 atom stereocenters. The van der Waals surface area contributed by atoms with Crippen molar-refractivity contribution < 1.29 is 14.0 Å². The van der Waals surface area contributed by atoms with Gasteiger partial charge in [0.05, 0.1) is 17.6 Å². The summed E-state index contributed by atoms with van der Waals surface area (Å²) in [5.74, 6) is -1.01. The molecule has 0 aliphatic heterocycles. The van der Waals surface area contributed by atoms with Gasteiger partial charge in [-0.2, -0.15) is 0 Å². The van der Waals surface area contributed by atoms with Crippen molar-refractivity contribution in [3.05, 3.63) is 75.4 Å². The number of amides is 2. The summed E-state index contributed by atoms with van der Waals surface area (Å²) >= 11 is 5.81. The molecule has 0 aliphatic rings. The maximum atomic E-state index is 13.4. The van der Waals surface area contributed by atoms with E-state index in [9.17, 15) is 18.8 Å². The molecule has 0 fully saturated rings. The van der Waals surface area contributed by atoms with E-state index in [4.69, 9.17) is 11.6 Å². The Morgan fingerprint density at radius 1 is 1.19 bits per heavy atom. The first-order valence-corrected chi connectivity index (χ1v) is 10.5. The van der Waals surface area contributed by atoms with Gasteiger partial charge in [0.2, 0.25) is 11.8 Å². The first-order valence-electron chi connectivity index (χ1n) is 10.1. The highest BCUT2D eigenvalue weighted by molar-refractivity contribution is 6.31. The second-order valence-electron chi connectivity index (χ2n) is 7.29. The van der Waals surface area contributed by atoms with Gasteiger partial charge in [0, 0.05) is 37.3 Å². The van der Waals surface area contributed by atoms with E-state index < -0.39 is 11.9 Å². The van der Waals surface area contributed by atoms with Gasteiger partial charge in [0.15, 0.2) is 0 Å². The Labute approximate surface area is 189 Å². The van der Waals surface area contributed by atoms with Crippen LogP contribution in [0.5, 0.6) is 0 Å². The van der Waals surface area contributed by atoms with E-state index in [2.05, 4.69) is 15.6 Å². The topological polar surface area (TPSA) is 94.3 Å². The second-order valence-corrected chi connectivity index (χ2v) is 7.69. The van der Waals surface area contributed by atoms with E-state index in [0.29, 0.717) is 11.1 Å². The fourth-order valence-corrected chi connectivity index (χ4v) is 3.69. The standard InChI is InChI=1S/C23H24ClFN4O3/c1-14(18-12-28-23(32)17-6-4-3-5-16(17)18)29(10-9-21(30)26-2)22(31)13-27-15-7-8-20(25)19(24)11-15/h3-8,11-12,14,27H,9-10,13H2,1-2H3,(H,26,30)(H,28,32). The Morgan fingerprint density at radius 2 is 1.91 bits per heavy atom. The van der Waals surface area contributed by atoms with Gasteiger partial charge in [0.1, 0.15) is 5.82 Å². The molecule has 0 saturated heterocycles. The number of fused-ring (bicyclic) bond motifs is 1. The molecular formula is C23H24ClFN4O3. The first-order chi connectivity index (χ1) is 15.3. The molecule has 3 aromatic rings. The van der Waals surface area contributed by atoms with Gasteiger partial charge >= 0.3 is 0 Å². The number of hydrogen-bond donors (Lipinski definition) is 3. The van der Waals surface area contributed by atoms with Crippen LogP contribution >= 0.6 is 11.6 Å². The predicted molar refractivity (Wildman–Crippen MR) is 123 cm³/mol. The van der Waals surface area contributed by atoms with Gasteiger partial charge in [-0.15, -0.1) is 0 Å². The first kappa shape index (κ1) is 23.3. The van der Waals surface area contributed by atoms with Crippen molar-refractivity contribution in [2.45, 2.75) is 19.4 Å². The van der Waals surface area contributed by atoms with Crippen LogP contribution in [0.25, 0.3) is 10.8 Å². The van der Waals surface area contributed by atoms with Crippen molar-refractivity contribution in [3.8, 4) is 0 Å². The lowest BCUT2D eigenvalue weighted by Gasteiger charge is -2.30. The van der Waals surface area contributed by atoms with Crippen molar-refractivity contribution in [1.82, 2.24) is 15.2 Å². The van der Waals surface area contributed by atoms with Crippen LogP contribution in [-0.2, 0) is 9.59 Å². The number of H-pyrrole nitrogens is 1. The predicted octanol–water partition coefficient (Wildman–Crippen LogP) is 3.46. The molecule has 3 N–H and O–H groups in total. The van der Waals surface area contributed by atoms with Crippen LogP contribution in [0.3, 0.4) is 0 Å². The smallest absolute Gasteiger partial charge is 0.255 e. The number of carbonyl (C=O) groups is 2. The van der Waals surface area contributed by atoms with Crippen molar-refractivity contribution in [3.63, 3.8) is 0 Å². The molecule has 2 aromatic carbocycles. The van der Waals surface area contributed by atoms with Gasteiger partial charge in [-0.05, 0) is 42.1 Å². The van der Waals surface area contributed by atoms with Crippen LogP contribution in [0.1, 0.15) is 24.9 Å². The van der Waals surface area contributed by atoms with Crippen molar-refractivity contribution in [2.24, 2.45) is 0 Å².